The van der Waals surface area contributed by atoms with Crippen molar-refractivity contribution in [1.29, 1.82) is 0 Å². The van der Waals surface area contributed by atoms with Gasteiger partial charge in [-0.1, -0.05) is 18.2 Å². The monoisotopic (exact) mass is 370 g/mol. The minimum Gasteiger partial charge on any atom is -0.329 e. The van der Waals surface area contributed by atoms with Crippen LogP contribution in [0.15, 0.2) is 33.9 Å². The molecule has 27 heavy (non-hydrogen) atoms. The highest BCUT2D eigenvalue weighted by Gasteiger charge is 2.34. The Labute approximate surface area is 155 Å². The topological polar surface area (TPSA) is 106 Å². The predicted molar refractivity (Wildman–Crippen MR) is 101 cm³/mol. The molecule has 1 aromatic heterocycles. The smallest absolute Gasteiger partial charge is 0.325 e. The number of para-hydroxylation sites is 1. The van der Waals surface area contributed by atoms with Gasteiger partial charge in [0.25, 0.3) is 5.56 Å². The van der Waals surface area contributed by atoms with Crippen LogP contribution in [-0.2, 0) is 16.0 Å². The molecular formula is C19H22N4O4. The van der Waals surface area contributed by atoms with Gasteiger partial charge in [-0.2, -0.15) is 0 Å². The van der Waals surface area contributed by atoms with Gasteiger partial charge in [0, 0.05) is 29.5 Å². The van der Waals surface area contributed by atoms with Crippen LogP contribution >= 0.6 is 0 Å². The summed E-state index contributed by atoms with van der Waals surface area (Å²) in [4.78, 5) is 56.5. The number of H-pyrrole nitrogens is 2. The number of benzene rings is 1. The summed E-state index contributed by atoms with van der Waals surface area (Å²) >= 11 is 0. The third-order valence-corrected chi connectivity index (χ3v) is 4.89. The van der Waals surface area contributed by atoms with Crippen LogP contribution in [0.2, 0.25) is 0 Å². The minimum absolute atomic E-state index is 0.0470. The molecule has 0 unspecified atom stereocenters. The summed E-state index contributed by atoms with van der Waals surface area (Å²) in [5.74, 6) is -0.483. The van der Waals surface area contributed by atoms with Crippen LogP contribution in [0.4, 0.5) is 5.69 Å². The molecule has 0 radical (unpaired) electrons. The van der Waals surface area contributed by atoms with Crippen molar-refractivity contribution >= 4 is 17.5 Å². The van der Waals surface area contributed by atoms with Gasteiger partial charge in [0.1, 0.15) is 6.54 Å². The molecule has 2 heterocycles. The quantitative estimate of drug-likeness (QED) is 0.820. The summed E-state index contributed by atoms with van der Waals surface area (Å²) in [6, 6.07) is 7.42. The first-order valence-electron chi connectivity index (χ1n) is 8.75. The highest BCUT2D eigenvalue weighted by Crippen LogP contribution is 2.24. The number of amides is 2. The first kappa shape index (κ1) is 18.6. The average molecular weight is 370 g/mol. The maximum Gasteiger partial charge on any atom is 0.325 e. The van der Waals surface area contributed by atoms with Gasteiger partial charge in [-0.05, 0) is 32.4 Å². The second-order valence-corrected chi connectivity index (χ2v) is 6.85. The number of nitrogens with one attached hydrogen (secondary N) is 2. The summed E-state index contributed by atoms with van der Waals surface area (Å²) in [5, 5.41) is 0. The molecule has 0 aliphatic carbocycles. The van der Waals surface area contributed by atoms with E-state index in [1.807, 2.05) is 38.1 Å². The molecule has 8 heteroatoms. The van der Waals surface area contributed by atoms with Crippen LogP contribution in [-0.4, -0.2) is 45.8 Å². The number of aromatic amines is 2. The van der Waals surface area contributed by atoms with Crippen molar-refractivity contribution in [3.8, 4) is 0 Å². The number of aromatic nitrogens is 2. The first-order valence-corrected chi connectivity index (χ1v) is 8.75. The number of anilines is 1. The fourth-order valence-corrected chi connectivity index (χ4v) is 3.38. The Morgan fingerprint density at radius 2 is 1.85 bits per heavy atom. The number of carbonyl (C=O) groups is 2. The number of hydrogen-bond donors (Lipinski definition) is 2. The standard InChI is InChI=1S/C19H22N4O4/c1-11-6-4-5-7-15(11)23-9-12(2)22(10-17(23)25)16(24)8-14-13(3)20-19(27)21-18(14)26/h4-7,12H,8-10H2,1-3H3,(H2,20,21,26,27)/t12-/m1/s1. The Morgan fingerprint density at radius 1 is 1.15 bits per heavy atom. The Bertz CT molecular complexity index is 1010. The zero-order chi connectivity index (χ0) is 19.7. The Morgan fingerprint density at radius 3 is 2.52 bits per heavy atom. The molecule has 1 fully saturated rings. The Balaban J connectivity index is 1.79. The van der Waals surface area contributed by atoms with Crippen molar-refractivity contribution < 1.29 is 9.59 Å². The number of rotatable bonds is 3. The summed E-state index contributed by atoms with van der Waals surface area (Å²) in [5.41, 5.74) is 1.21. The number of nitrogens with zero attached hydrogens (tertiary/aromatic N) is 2. The van der Waals surface area contributed by atoms with Crippen LogP contribution in [0.1, 0.15) is 23.7 Å². The van der Waals surface area contributed by atoms with E-state index in [4.69, 9.17) is 0 Å². The molecule has 2 amide bonds. The molecule has 1 aliphatic rings. The van der Waals surface area contributed by atoms with E-state index in [-0.39, 0.29) is 36.4 Å². The van der Waals surface area contributed by atoms with E-state index in [0.717, 1.165) is 11.3 Å². The van der Waals surface area contributed by atoms with E-state index in [9.17, 15) is 19.2 Å². The molecule has 0 saturated carbocycles. The lowest BCUT2D eigenvalue weighted by molar-refractivity contribution is -0.138. The number of piperazine rings is 1. The van der Waals surface area contributed by atoms with Gasteiger partial charge in [-0.15, -0.1) is 0 Å². The van der Waals surface area contributed by atoms with E-state index >= 15 is 0 Å². The predicted octanol–water partition coefficient (Wildman–Crippen LogP) is 0.486. The van der Waals surface area contributed by atoms with E-state index < -0.39 is 11.2 Å². The van der Waals surface area contributed by atoms with E-state index in [2.05, 4.69) is 9.97 Å². The van der Waals surface area contributed by atoms with Crippen molar-refractivity contribution in [2.24, 2.45) is 0 Å². The maximum absolute atomic E-state index is 12.7. The average Bonchev–Trinajstić information content (AvgIpc) is 2.60. The summed E-state index contributed by atoms with van der Waals surface area (Å²) in [7, 11) is 0. The Kier molecular flexibility index (Phi) is 4.98. The summed E-state index contributed by atoms with van der Waals surface area (Å²) < 4.78 is 0. The number of hydrogen-bond acceptors (Lipinski definition) is 4. The highest BCUT2D eigenvalue weighted by molar-refractivity contribution is 5.99. The van der Waals surface area contributed by atoms with Crippen molar-refractivity contribution in [2.45, 2.75) is 33.2 Å². The molecule has 0 bridgehead atoms. The molecular weight excluding hydrogens is 348 g/mol. The van der Waals surface area contributed by atoms with Gasteiger partial charge in [0.2, 0.25) is 11.8 Å². The Hall–Kier alpha value is -3.16. The third-order valence-electron chi connectivity index (χ3n) is 4.89. The summed E-state index contributed by atoms with van der Waals surface area (Å²) in [6.07, 6.45) is -0.167. The second-order valence-electron chi connectivity index (χ2n) is 6.85. The normalized spacial score (nSPS) is 17.3. The van der Waals surface area contributed by atoms with Crippen molar-refractivity contribution in [2.75, 3.05) is 18.0 Å². The molecule has 0 spiro atoms. The molecule has 3 rings (SSSR count). The van der Waals surface area contributed by atoms with Crippen molar-refractivity contribution in [3.63, 3.8) is 0 Å². The van der Waals surface area contributed by atoms with Gasteiger partial charge < -0.3 is 14.8 Å². The zero-order valence-electron chi connectivity index (χ0n) is 15.5. The molecule has 1 atom stereocenters. The molecule has 142 valence electrons. The van der Waals surface area contributed by atoms with Gasteiger partial charge in [0.15, 0.2) is 0 Å². The summed E-state index contributed by atoms with van der Waals surface area (Å²) in [6.45, 7) is 5.73. The van der Waals surface area contributed by atoms with Crippen LogP contribution in [0.3, 0.4) is 0 Å². The number of aryl methyl sites for hydroxylation is 2. The molecule has 1 saturated heterocycles. The molecule has 8 nitrogen and oxygen atoms in total. The van der Waals surface area contributed by atoms with E-state index in [1.54, 1.807) is 11.8 Å². The number of carbonyl (C=O) groups excluding carboxylic acids is 2. The lowest BCUT2D eigenvalue weighted by atomic mass is 10.1. The van der Waals surface area contributed by atoms with E-state index in [1.165, 1.54) is 4.90 Å². The maximum atomic E-state index is 12.7. The van der Waals surface area contributed by atoms with Gasteiger partial charge in [-0.3, -0.25) is 19.4 Å². The first-order chi connectivity index (χ1) is 12.8. The lowest BCUT2D eigenvalue weighted by Gasteiger charge is -2.40. The molecule has 2 aromatic rings. The van der Waals surface area contributed by atoms with Crippen LogP contribution < -0.4 is 16.1 Å². The van der Waals surface area contributed by atoms with Gasteiger partial charge >= 0.3 is 5.69 Å². The lowest BCUT2D eigenvalue weighted by Crippen LogP contribution is -2.57. The van der Waals surface area contributed by atoms with Crippen LogP contribution in [0.5, 0.6) is 0 Å². The molecule has 2 N–H and O–H groups in total. The van der Waals surface area contributed by atoms with Gasteiger partial charge in [0.05, 0.1) is 6.42 Å². The van der Waals surface area contributed by atoms with Crippen molar-refractivity contribution in [1.82, 2.24) is 14.9 Å². The SMILES string of the molecule is Cc1ccccc1N1C[C@@H](C)N(C(=O)Cc2c(C)[nH]c(=O)[nH]c2=O)CC1=O. The fourth-order valence-electron chi connectivity index (χ4n) is 3.38. The van der Waals surface area contributed by atoms with Gasteiger partial charge in [-0.25, -0.2) is 4.79 Å². The van der Waals surface area contributed by atoms with Crippen molar-refractivity contribution in [3.05, 3.63) is 61.9 Å². The third kappa shape index (κ3) is 3.69. The van der Waals surface area contributed by atoms with Crippen LogP contribution in [0.25, 0.3) is 0 Å². The minimum atomic E-state index is -0.607. The molecule has 1 aliphatic heterocycles. The van der Waals surface area contributed by atoms with Crippen LogP contribution in [0, 0.1) is 13.8 Å². The second kappa shape index (κ2) is 7.22. The fraction of sp³-hybridized carbons (Fsp3) is 0.368. The largest absolute Gasteiger partial charge is 0.329 e. The van der Waals surface area contributed by atoms with E-state index in [0.29, 0.717) is 12.2 Å². The zero-order valence-corrected chi connectivity index (χ0v) is 15.5. The highest BCUT2D eigenvalue weighted by atomic mass is 16.2. The molecule has 1 aromatic carbocycles.